The fraction of sp³-hybridized carbons (Fsp3) is 0.324. The second kappa shape index (κ2) is 12.3. The lowest BCUT2D eigenvalue weighted by molar-refractivity contribution is 0.0378. The molecule has 0 aliphatic heterocycles. The molecule has 6 nitrogen and oxygen atoms in total. The highest BCUT2D eigenvalue weighted by atomic mass is 35.5. The van der Waals surface area contributed by atoms with Crippen molar-refractivity contribution in [2.75, 3.05) is 5.32 Å². The Morgan fingerprint density at radius 3 is 2.60 bits per heavy atom. The van der Waals surface area contributed by atoms with E-state index in [2.05, 4.69) is 26.1 Å². The van der Waals surface area contributed by atoms with Gasteiger partial charge in [-0.05, 0) is 92.5 Å². The van der Waals surface area contributed by atoms with E-state index in [0.29, 0.717) is 44.2 Å². The normalized spacial score (nSPS) is 15.2. The number of halogens is 1. The summed E-state index contributed by atoms with van der Waals surface area (Å²) in [6.07, 6.45) is 4.17. The molecule has 8 heteroatoms. The number of hydrogen-bond donors (Lipinski definition) is 1. The molecule has 2 heterocycles. The number of esters is 1. The van der Waals surface area contributed by atoms with Crippen molar-refractivity contribution in [2.24, 2.45) is 16.3 Å². The Bertz CT molecular complexity index is 1630. The summed E-state index contributed by atoms with van der Waals surface area (Å²) in [7, 11) is 0. The highest BCUT2D eigenvalue weighted by Gasteiger charge is 2.33. The number of benzene rings is 2. The number of aliphatic imine (C=N–C) groups is 1. The zero-order valence-electron chi connectivity index (χ0n) is 24.5. The van der Waals surface area contributed by atoms with Crippen LogP contribution in [0.25, 0.3) is 11.3 Å². The molecule has 1 atom stereocenters. The van der Waals surface area contributed by atoms with Crippen LogP contribution in [0.15, 0.2) is 70.1 Å². The predicted octanol–water partition coefficient (Wildman–Crippen LogP) is 9.38. The summed E-state index contributed by atoms with van der Waals surface area (Å²) < 4.78 is 11.5. The smallest absolute Gasteiger partial charge is 0.339 e. The Balaban J connectivity index is 1.47. The highest BCUT2D eigenvalue weighted by Crippen LogP contribution is 2.45. The third-order valence-corrected chi connectivity index (χ3v) is 8.87. The minimum absolute atomic E-state index is 0.160. The van der Waals surface area contributed by atoms with Crippen LogP contribution < -0.4 is 5.32 Å². The fourth-order valence-electron chi connectivity index (χ4n) is 5.22. The number of ether oxygens (including phenoxy) is 1. The molecule has 42 heavy (non-hydrogen) atoms. The van der Waals surface area contributed by atoms with E-state index in [1.807, 2.05) is 30.3 Å². The van der Waals surface area contributed by atoms with Crippen molar-refractivity contribution >= 4 is 51.7 Å². The Kier molecular flexibility index (Phi) is 8.71. The van der Waals surface area contributed by atoms with Gasteiger partial charge in [0.15, 0.2) is 0 Å². The quantitative estimate of drug-likeness (QED) is 0.169. The second-order valence-electron chi connectivity index (χ2n) is 11.9. The molecule has 2 aromatic carbocycles. The molecule has 0 saturated carbocycles. The lowest BCUT2D eigenvalue weighted by Gasteiger charge is -2.33. The summed E-state index contributed by atoms with van der Waals surface area (Å²) in [5.41, 5.74) is 3.55. The SMILES string of the molecule is CC(C)OC(=O)c1ccc(Cl)cc1-c1ccc(C=Nc2sc3c(c2C(=O)Nc2ccccc2)CC[C@@H](C(C)(C)C)C3)o1. The van der Waals surface area contributed by atoms with Crippen molar-refractivity contribution in [1.29, 1.82) is 0 Å². The number of anilines is 1. The Morgan fingerprint density at radius 2 is 1.88 bits per heavy atom. The van der Waals surface area contributed by atoms with Gasteiger partial charge in [-0.15, -0.1) is 11.3 Å². The number of thiophene rings is 1. The number of amides is 1. The fourth-order valence-corrected chi connectivity index (χ4v) is 6.66. The number of carbonyl (C=O) groups excluding carboxylic acids is 2. The molecule has 1 N–H and O–H groups in total. The largest absolute Gasteiger partial charge is 0.459 e. The molecule has 0 saturated heterocycles. The number of hydrogen-bond acceptors (Lipinski definition) is 6. The lowest BCUT2D eigenvalue weighted by Crippen LogP contribution is -2.27. The first-order valence-corrected chi connectivity index (χ1v) is 15.3. The molecular formula is C34H35ClN2O4S. The monoisotopic (exact) mass is 602 g/mol. The van der Waals surface area contributed by atoms with Gasteiger partial charge in [0.2, 0.25) is 0 Å². The Hall–Kier alpha value is -3.68. The zero-order chi connectivity index (χ0) is 30.0. The summed E-state index contributed by atoms with van der Waals surface area (Å²) in [6, 6.07) is 18.0. The first-order valence-electron chi connectivity index (χ1n) is 14.2. The number of nitrogens with zero attached hydrogens (tertiary/aromatic N) is 1. The van der Waals surface area contributed by atoms with E-state index in [1.54, 1.807) is 61.7 Å². The standard InChI is InChI=1S/C34H35ClN2O4S/c1-20(2)40-33(39)25-15-12-22(35)18-27(25)28-16-13-24(41-28)19-36-32-30(31(38)37-23-9-7-6-8-10-23)26-14-11-21(34(3,4)5)17-29(26)42-32/h6-10,12-13,15-16,18-21H,11,14,17H2,1-5H3,(H,37,38)/t21-/m1/s1. The molecule has 0 unspecified atom stereocenters. The number of fused-ring (bicyclic) bond motifs is 1. The first-order chi connectivity index (χ1) is 20.0. The minimum atomic E-state index is -0.449. The van der Waals surface area contributed by atoms with Crippen molar-refractivity contribution in [1.82, 2.24) is 0 Å². The van der Waals surface area contributed by atoms with Crippen LogP contribution in [-0.4, -0.2) is 24.2 Å². The maximum absolute atomic E-state index is 13.6. The maximum Gasteiger partial charge on any atom is 0.339 e. The second-order valence-corrected chi connectivity index (χ2v) is 13.4. The van der Waals surface area contributed by atoms with Crippen molar-refractivity contribution in [2.45, 2.75) is 60.0 Å². The Labute approximate surface area is 255 Å². The molecule has 2 aromatic heterocycles. The highest BCUT2D eigenvalue weighted by molar-refractivity contribution is 7.16. The maximum atomic E-state index is 13.6. The average molecular weight is 603 g/mol. The molecule has 0 radical (unpaired) electrons. The van der Waals surface area contributed by atoms with E-state index in [4.69, 9.17) is 25.7 Å². The van der Waals surface area contributed by atoms with E-state index in [1.165, 1.54) is 4.88 Å². The van der Waals surface area contributed by atoms with Gasteiger partial charge < -0.3 is 14.5 Å². The number of rotatable bonds is 7. The van der Waals surface area contributed by atoms with Gasteiger partial charge in [0.1, 0.15) is 16.5 Å². The van der Waals surface area contributed by atoms with Gasteiger partial charge in [-0.25, -0.2) is 9.79 Å². The van der Waals surface area contributed by atoms with Crippen molar-refractivity contribution in [3.05, 3.63) is 93.0 Å². The molecule has 4 aromatic rings. The molecular weight excluding hydrogens is 568 g/mol. The van der Waals surface area contributed by atoms with Gasteiger partial charge in [-0.3, -0.25) is 4.79 Å². The zero-order valence-corrected chi connectivity index (χ0v) is 26.1. The van der Waals surface area contributed by atoms with Crippen LogP contribution in [0.3, 0.4) is 0 Å². The molecule has 0 bridgehead atoms. The minimum Gasteiger partial charge on any atom is -0.459 e. The van der Waals surface area contributed by atoms with Crippen molar-refractivity contribution < 1.29 is 18.7 Å². The van der Waals surface area contributed by atoms with Crippen LogP contribution in [0.1, 0.15) is 78.0 Å². The summed E-state index contributed by atoms with van der Waals surface area (Å²) in [5, 5.41) is 4.18. The van der Waals surface area contributed by atoms with Crippen LogP contribution in [0.4, 0.5) is 10.7 Å². The summed E-state index contributed by atoms with van der Waals surface area (Å²) in [4.78, 5) is 32.3. The number of carbonyl (C=O) groups is 2. The molecule has 0 fully saturated rings. The van der Waals surface area contributed by atoms with Crippen molar-refractivity contribution in [3.8, 4) is 11.3 Å². The van der Waals surface area contributed by atoms with E-state index < -0.39 is 5.97 Å². The van der Waals surface area contributed by atoms with Crippen LogP contribution in [-0.2, 0) is 17.6 Å². The van der Waals surface area contributed by atoms with E-state index >= 15 is 0 Å². The molecule has 218 valence electrons. The van der Waals surface area contributed by atoms with Crippen LogP contribution in [0.5, 0.6) is 0 Å². The summed E-state index contributed by atoms with van der Waals surface area (Å²) >= 11 is 7.84. The van der Waals surface area contributed by atoms with E-state index in [-0.39, 0.29) is 17.4 Å². The van der Waals surface area contributed by atoms with Gasteiger partial charge in [0, 0.05) is 21.2 Å². The van der Waals surface area contributed by atoms with Gasteiger partial charge in [-0.2, -0.15) is 0 Å². The topological polar surface area (TPSA) is 80.9 Å². The van der Waals surface area contributed by atoms with Crippen molar-refractivity contribution in [3.63, 3.8) is 0 Å². The van der Waals surface area contributed by atoms with Crippen LogP contribution in [0.2, 0.25) is 5.02 Å². The lowest BCUT2D eigenvalue weighted by atomic mass is 9.72. The molecule has 1 amide bonds. The van der Waals surface area contributed by atoms with Gasteiger partial charge >= 0.3 is 5.97 Å². The van der Waals surface area contributed by atoms with Gasteiger partial charge in [-0.1, -0.05) is 50.6 Å². The average Bonchev–Trinajstić information content (AvgIpc) is 3.55. The van der Waals surface area contributed by atoms with E-state index in [9.17, 15) is 9.59 Å². The van der Waals surface area contributed by atoms with Gasteiger partial charge in [0.05, 0.1) is 23.4 Å². The number of furan rings is 1. The molecule has 1 aliphatic carbocycles. The number of para-hydroxylation sites is 1. The van der Waals surface area contributed by atoms with Crippen LogP contribution >= 0.6 is 22.9 Å². The summed E-state index contributed by atoms with van der Waals surface area (Å²) in [5.74, 6) is 0.881. The molecule has 5 rings (SSSR count). The third kappa shape index (κ3) is 6.69. The molecule has 1 aliphatic rings. The third-order valence-electron chi connectivity index (χ3n) is 7.48. The number of nitrogens with one attached hydrogen (secondary N) is 1. The van der Waals surface area contributed by atoms with Crippen LogP contribution in [0, 0.1) is 11.3 Å². The summed E-state index contributed by atoms with van der Waals surface area (Å²) in [6.45, 7) is 10.4. The van der Waals surface area contributed by atoms with Gasteiger partial charge in [0.25, 0.3) is 5.91 Å². The van der Waals surface area contributed by atoms with E-state index in [0.717, 1.165) is 30.5 Å². The molecule has 0 spiro atoms. The Morgan fingerprint density at radius 1 is 1.12 bits per heavy atom. The predicted molar refractivity (Wildman–Crippen MR) is 171 cm³/mol. The first kappa shape index (κ1) is 29.8.